The summed E-state index contributed by atoms with van der Waals surface area (Å²) in [6.45, 7) is 5.57. The number of anilines is 1. The topological polar surface area (TPSA) is 101 Å². The number of hydrogen-bond acceptors (Lipinski definition) is 8. The average Bonchev–Trinajstić information content (AvgIpc) is 3.07. The van der Waals surface area contributed by atoms with Crippen LogP contribution in [-0.4, -0.2) is 60.7 Å². The Morgan fingerprint density at radius 3 is 2.61 bits per heavy atom. The number of amides is 1. The van der Waals surface area contributed by atoms with E-state index >= 15 is 0 Å². The fourth-order valence-electron chi connectivity index (χ4n) is 3.24. The van der Waals surface area contributed by atoms with Crippen LogP contribution >= 0.6 is 23.1 Å². The Kier molecular flexibility index (Phi) is 6.58. The van der Waals surface area contributed by atoms with Crippen LogP contribution in [0, 0.1) is 13.8 Å². The van der Waals surface area contributed by atoms with Gasteiger partial charge in [-0.1, -0.05) is 11.8 Å². The van der Waals surface area contributed by atoms with Crippen LogP contribution < -0.4 is 5.32 Å². The summed E-state index contributed by atoms with van der Waals surface area (Å²) < 4.78 is 32.0. The summed E-state index contributed by atoms with van der Waals surface area (Å²) in [5.74, 6) is -0.000908. The molecule has 8 nitrogen and oxygen atoms in total. The Morgan fingerprint density at radius 1 is 1.19 bits per heavy atom. The number of rotatable bonds is 6. The zero-order valence-corrected chi connectivity index (χ0v) is 19.6. The molecule has 1 aromatic carbocycles. The maximum Gasteiger partial charge on any atom is 0.243 e. The summed E-state index contributed by atoms with van der Waals surface area (Å²) in [6, 6.07) is 6.23. The number of carbonyl (C=O) groups excluding carboxylic acids is 1. The quantitative estimate of drug-likeness (QED) is 0.429. The summed E-state index contributed by atoms with van der Waals surface area (Å²) in [5.41, 5.74) is 1.68. The molecular formula is C20H22N4O4S3. The number of aryl methyl sites for hydroxylation is 2. The molecule has 0 spiro atoms. The minimum Gasteiger partial charge on any atom is -0.379 e. The van der Waals surface area contributed by atoms with Gasteiger partial charge in [-0.2, -0.15) is 4.31 Å². The van der Waals surface area contributed by atoms with E-state index in [1.807, 2.05) is 13.8 Å². The SMILES string of the molecule is Cc1sc2ncnc(SCC(=O)Nc3ccc(S(=O)(=O)N4CCOCC4)cc3)c2c1C. The average molecular weight is 479 g/mol. The summed E-state index contributed by atoms with van der Waals surface area (Å²) >= 11 is 2.98. The number of morpholine rings is 1. The highest BCUT2D eigenvalue weighted by Gasteiger charge is 2.26. The predicted octanol–water partition coefficient (Wildman–Crippen LogP) is 3.06. The highest BCUT2D eigenvalue weighted by molar-refractivity contribution is 8.00. The van der Waals surface area contributed by atoms with Crippen molar-refractivity contribution in [1.82, 2.24) is 14.3 Å². The smallest absolute Gasteiger partial charge is 0.243 e. The molecule has 1 N–H and O–H groups in total. The van der Waals surface area contributed by atoms with Crippen LogP contribution in [-0.2, 0) is 19.6 Å². The zero-order valence-electron chi connectivity index (χ0n) is 17.1. The standard InChI is InChI=1S/C20H22N4O4S3/c1-13-14(2)30-20-18(13)19(21-12-22-20)29-11-17(25)23-15-3-5-16(6-4-15)31(26,27)24-7-9-28-10-8-24/h3-6,12H,7-11H2,1-2H3,(H,23,25). The van der Waals surface area contributed by atoms with Gasteiger partial charge in [0.25, 0.3) is 0 Å². The largest absolute Gasteiger partial charge is 0.379 e. The molecule has 1 fully saturated rings. The molecule has 4 rings (SSSR count). The fraction of sp³-hybridized carbons (Fsp3) is 0.350. The van der Waals surface area contributed by atoms with Crippen LogP contribution in [0.3, 0.4) is 0 Å². The number of aromatic nitrogens is 2. The zero-order chi connectivity index (χ0) is 22.0. The summed E-state index contributed by atoms with van der Waals surface area (Å²) in [6.07, 6.45) is 1.52. The van der Waals surface area contributed by atoms with Gasteiger partial charge in [0.1, 0.15) is 16.2 Å². The Hall–Kier alpha value is -2.05. The van der Waals surface area contributed by atoms with Gasteiger partial charge in [0, 0.05) is 29.0 Å². The number of thioether (sulfide) groups is 1. The van der Waals surface area contributed by atoms with Crippen LogP contribution in [0.2, 0.25) is 0 Å². The molecule has 0 bridgehead atoms. The Bertz CT molecular complexity index is 1200. The first-order valence-corrected chi connectivity index (χ1v) is 12.9. The van der Waals surface area contributed by atoms with E-state index < -0.39 is 10.0 Å². The van der Waals surface area contributed by atoms with Crippen LogP contribution in [0.25, 0.3) is 10.2 Å². The number of benzene rings is 1. The van der Waals surface area contributed by atoms with E-state index in [9.17, 15) is 13.2 Å². The van der Waals surface area contributed by atoms with E-state index in [2.05, 4.69) is 15.3 Å². The van der Waals surface area contributed by atoms with Gasteiger partial charge in [-0.3, -0.25) is 4.79 Å². The van der Waals surface area contributed by atoms with Crippen LogP contribution in [0.15, 0.2) is 40.5 Å². The first-order chi connectivity index (χ1) is 14.9. The molecule has 0 saturated carbocycles. The third kappa shape index (κ3) is 4.75. The normalized spacial score (nSPS) is 15.3. The number of nitrogens with one attached hydrogen (secondary N) is 1. The van der Waals surface area contributed by atoms with Gasteiger partial charge in [0.15, 0.2) is 0 Å². The first kappa shape index (κ1) is 22.2. The minimum absolute atomic E-state index is 0.189. The van der Waals surface area contributed by atoms with Crippen molar-refractivity contribution in [2.45, 2.75) is 23.8 Å². The maximum absolute atomic E-state index is 12.7. The second kappa shape index (κ2) is 9.21. The van der Waals surface area contributed by atoms with Crippen LogP contribution in [0.5, 0.6) is 0 Å². The molecule has 1 aliphatic rings. The lowest BCUT2D eigenvalue weighted by molar-refractivity contribution is -0.113. The van der Waals surface area contributed by atoms with Crippen LogP contribution in [0.1, 0.15) is 10.4 Å². The lowest BCUT2D eigenvalue weighted by atomic mass is 10.2. The number of thiophene rings is 1. The van der Waals surface area contributed by atoms with E-state index in [4.69, 9.17) is 4.74 Å². The molecule has 0 atom stereocenters. The van der Waals surface area contributed by atoms with Crippen molar-refractivity contribution in [3.05, 3.63) is 41.0 Å². The highest BCUT2D eigenvalue weighted by Crippen LogP contribution is 2.34. The molecule has 2 aromatic heterocycles. The van der Waals surface area contributed by atoms with Gasteiger partial charge in [-0.25, -0.2) is 18.4 Å². The number of fused-ring (bicyclic) bond motifs is 1. The van der Waals surface area contributed by atoms with E-state index in [1.54, 1.807) is 23.5 Å². The molecular weight excluding hydrogens is 456 g/mol. The van der Waals surface area contributed by atoms with E-state index in [-0.39, 0.29) is 16.6 Å². The van der Waals surface area contributed by atoms with Gasteiger partial charge in [0.05, 0.1) is 23.9 Å². The molecule has 0 radical (unpaired) electrons. The molecule has 1 amide bonds. The number of carbonyl (C=O) groups is 1. The molecule has 0 unspecified atom stereocenters. The summed E-state index contributed by atoms with van der Waals surface area (Å²) in [4.78, 5) is 23.4. The fourth-order valence-corrected chi connectivity index (χ4v) is 6.56. The third-order valence-corrected chi connectivity index (χ3v) is 9.03. The number of sulfonamides is 1. The maximum atomic E-state index is 12.7. The van der Waals surface area contributed by atoms with Crippen molar-refractivity contribution in [2.24, 2.45) is 0 Å². The van der Waals surface area contributed by atoms with Crippen molar-refractivity contribution in [3.63, 3.8) is 0 Å². The number of nitrogens with zero attached hydrogens (tertiary/aromatic N) is 3. The van der Waals surface area contributed by atoms with Crippen molar-refractivity contribution >= 4 is 54.9 Å². The van der Waals surface area contributed by atoms with Gasteiger partial charge >= 0.3 is 0 Å². The molecule has 164 valence electrons. The van der Waals surface area contributed by atoms with Gasteiger partial charge < -0.3 is 10.1 Å². The number of hydrogen-bond donors (Lipinski definition) is 1. The molecule has 3 aromatic rings. The molecule has 31 heavy (non-hydrogen) atoms. The lowest BCUT2D eigenvalue weighted by Crippen LogP contribution is -2.40. The molecule has 0 aliphatic carbocycles. The van der Waals surface area contributed by atoms with E-state index in [0.29, 0.717) is 32.0 Å². The molecule has 3 heterocycles. The second-order valence-corrected chi connectivity index (χ2v) is 11.1. The summed E-state index contributed by atoms with van der Waals surface area (Å²) in [7, 11) is -3.55. The lowest BCUT2D eigenvalue weighted by Gasteiger charge is -2.26. The van der Waals surface area contributed by atoms with Crippen molar-refractivity contribution < 1.29 is 17.9 Å². The van der Waals surface area contributed by atoms with Crippen molar-refractivity contribution in [2.75, 3.05) is 37.4 Å². The monoisotopic (exact) mass is 478 g/mol. The van der Waals surface area contributed by atoms with Crippen LogP contribution in [0.4, 0.5) is 5.69 Å². The highest BCUT2D eigenvalue weighted by atomic mass is 32.2. The molecule has 1 aliphatic heterocycles. The Balaban J connectivity index is 1.39. The minimum atomic E-state index is -3.55. The van der Waals surface area contributed by atoms with Gasteiger partial charge in [-0.05, 0) is 43.7 Å². The van der Waals surface area contributed by atoms with E-state index in [0.717, 1.165) is 20.8 Å². The molecule has 1 saturated heterocycles. The number of ether oxygens (including phenoxy) is 1. The third-order valence-electron chi connectivity index (χ3n) is 5.02. The van der Waals surface area contributed by atoms with Gasteiger partial charge in [0.2, 0.25) is 15.9 Å². The van der Waals surface area contributed by atoms with Crippen molar-refractivity contribution in [1.29, 1.82) is 0 Å². The predicted molar refractivity (Wildman–Crippen MR) is 122 cm³/mol. The Morgan fingerprint density at radius 2 is 1.90 bits per heavy atom. The summed E-state index contributed by atoms with van der Waals surface area (Å²) in [5, 5.41) is 4.60. The second-order valence-electron chi connectivity index (χ2n) is 7.02. The first-order valence-electron chi connectivity index (χ1n) is 9.67. The van der Waals surface area contributed by atoms with E-state index in [1.165, 1.54) is 39.4 Å². The van der Waals surface area contributed by atoms with Crippen molar-refractivity contribution in [3.8, 4) is 0 Å². The Labute approximate surface area is 189 Å². The molecule has 11 heteroatoms. The van der Waals surface area contributed by atoms with Gasteiger partial charge in [-0.15, -0.1) is 11.3 Å².